The molecule has 1 atom stereocenters. The molecule has 132 valence electrons. The van der Waals surface area contributed by atoms with Crippen LogP contribution in [-0.4, -0.2) is 55.3 Å². The van der Waals surface area contributed by atoms with Gasteiger partial charge in [0, 0.05) is 27.9 Å². The van der Waals surface area contributed by atoms with Crippen LogP contribution in [0.3, 0.4) is 0 Å². The lowest BCUT2D eigenvalue weighted by Gasteiger charge is -2.40. The zero-order valence-corrected chi connectivity index (χ0v) is 14.8. The Morgan fingerprint density at radius 2 is 1.96 bits per heavy atom. The van der Waals surface area contributed by atoms with Crippen LogP contribution in [-0.2, 0) is 15.0 Å². The maximum Gasteiger partial charge on any atom is 0.236 e. The standard InChI is InChI=1S/C19H27N3O2.H2/c1-14(23)20-17-12-19(16-7-5-4-6-15(16)17)8-10-22(11-9-19)13-18(24)21(2)3;/h4-7,17H,8-13H2,1-3H3,(H,20,23);1H/t17-;/m0./s1. The minimum absolute atomic E-state index is 0. The van der Waals surface area contributed by atoms with E-state index in [1.165, 1.54) is 11.1 Å². The number of hydrogen-bond donors (Lipinski definition) is 1. The summed E-state index contributed by atoms with van der Waals surface area (Å²) in [5.74, 6) is 0.190. The van der Waals surface area contributed by atoms with Gasteiger partial charge in [-0.05, 0) is 43.5 Å². The molecule has 1 spiro atoms. The van der Waals surface area contributed by atoms with Crippen molar-refractivity contribution < 1.29 is 11.0 Å². The van der Waals surface area contributed by atoms with Crippen molar-refractivity contribution >= 4 is 11.8 Å². The Kier molecular flexibility index (Phi) is 4.63. The summed E-state index contributed by atoms with van der Waals surface area (Å²) in [6.45, 7) is 3.95. The number of likely N-dealkylation sites (tertiary alicyclic amines) is 1. The van der Waals surface area contributed by atoms with Crippen LogP contribution in [0, 0.1) is 0 Å². The van der Waals surface area contributed by atoms with Crippen LogP contribution in [0.25, 0.3) is 0 Å². The van der Waals surface area contributed by atoms with Crippen molar-refractivity contribution in [3.63, 3.8) is 0 Å². The largest absolute Gasteiger partial charge is 0.349 e. The van der Waals surface area contributed by atoms with Crippen LogP contribution in [0.5, 0.6) is 0 Å². The zero-order chi connectivity index (χ0) is 17.3. The highest BCUT2D eigenvalue weighted by Gasteiger charge is 2.45. The van der Waals surface area contributed by atoms with Crippen molar-refractivity contribution in [1.82, 2.24) is 15.1 Å². The monoisotopic (exact) mass is 331 g/mol. The minimum Gasteiger partial charge on any atom is -0.349 e. The van der Waals surface area contributed by atoms with Gasteiger partial charge in [0.2, 0.25) is 11.8 Å². The molecule has 24 heavy (non-hydrogen) atoms. The van der Waals surface area contributed by atoms with Gasteiger partial charge in [-0.15, -0.1) is 0 Å². The van der Waals surface area contributed by atoms with Crippen LogP contribution in [0.2, 0.25) is 0 Å². The van der Waals surface area contributed by atoms with Gasteiger partial charge in [-0.3, -0.25) is 14.5 Å². The molecule has 1 aliphatic carbocycles. The van der Waals surface area contributed by atoms with Crippen molar-refractivity contribution in [3.8, 4) is 0 Å². The molecular weight excluding hydrogens is 302 g/mol. The van der Waals surface area contributed by atoms with E-state index in [1.54, 1.807) is 25.9 Å². The fraction of sp³-hybridized carbons (Fsp3) is 0.579. The van der Waals surface area contributed by atoms with E-state index >= 15 is 0 Å². The van der Waals surface area contributed by atoms with Crippen LogP contribution in [0.4, 0.5) is 0 Å². The number of piperidine rings is 1. The number of rotatable bonds is 3. The fourth-order valence-corrected chi connectivity index (χ4v) is 4.21. The highest BCUT2D eigenvalue weighted by atomic mass is 16.2. The van der Waals surface area contributed by atoms with E-state index < -0.39 is 0 Å². The van der Waals surface area contributed by atoms with E-state index in [0.717, 1.165) is 32.4 Å². The number of hydrogen-bond acceptors (Lipinski definition) is 3. The summed E-state index contributed by atoms with van der Waals surface area (Å²) in [5.41, 5.74) is 2.80. The summed E-state index contributed by atoms with van der Waals surface area (Å²) in [5, 5.41) is 3.11. The average molecular weight is 331 g/mol. The van der Waals surface area contributed by atoms with Gasteiger partial charge in [0.1, 0.15) is 0 Å². The first-order valence-corrected chi connectivity index (χ1v) is 8.70. The van der Waals surface area contributed by atoms with E-state index in [0.29, 0.717) is 6.54 Å². The van der Waals surface area contributed by atoms with Crippen molar-refractivity contribution in [1.29, 1.82) is 0 Å². The van der Waals surface area contributed by atoms with Gasteiger partial charge in [0.25, 0.3) is 0 Å². The van der Waals surface area contributed by atoms with E-state index in [-0.39, 0.29) is 24.7 Å². The number of nitrogens with zero attached hydrogens (tertiary/aromatic N) is 2. The summed E-state index contributed by atoms with van der Waals surface area (Å²) in [4.78, 5) is 27.4. The van der Waals surface area contributed by atoms with Crippen LogP contribution in [0.1, 0.15) is 44.8 Å². The van der Waals surface area contributed by atoms with Gasteiger partial charge >= 0.3 is 0 Å². The second-order valence-electron chi connectivity index (χ2n) is 7.39. The molecule has 0 aromatic heterocycles. The Labute approximate surface area is 145 Å². The number of carbonyl (C=O) groups is 2. The number of nitrogens with one attached hydrogen (secondary N) is 1. The zero-order valence-electron chi connectivity index (χ0n) is 14.8. The summed E-state index contributed by atoms with van der Waals surface area (Å²) < 4.78 is 0. The molecule has 1 fully saturated rings. The van der Waals surface area contributed by atoms with E-state index in [1.807, 2.05) is 0 Å². The lowest BCUT2D eigenvalue weighted by molar-refractivity contribution is -0.130. The van der Waals surface area contributed by atoms with Crippen molar-refractivity contribution in [3.05, 3.63) is 35.4 Å². The Balaban J connectivity index is 0.00000225. The van der Waals surface area contributed by atoms with Crippen molar-refractivity contribution in [2.45, 2.75) is 37.6 Å². The molecule has 0 saturated carbocycles. The Morgan fingerprint density at radius 1 is 1.29 bits per heavy atom. The van der Waals surface area contributed by atoms with Crippen molar-refractivity contribution in [2.24, 2.45) is 0 Å². The number of amides is 2. The molecule has 1 aromatic rings. The van der Waals surface area contributed by atoms with E-state index in [2.05, 4.69) is 34.5 Å². The quantitative estimate of drug-likeness (QED) is 0.921. The first-order valence-electron chi connectivity index (χ1n) is 8.70. The third-order valence-electron chi connectivity index (χ3n) is 5.55. The molecule has 3 rings (SSSR count). The molecule has 2 aliphatic rings. The predicted octanol–water partition coefficient (Wildman–Crippen LogP) is 1.94. The van der Waals surface area contributed by atoms with Gasteiger partial charge in [0.05, 0.1) is 12.6 Å². The second-order valence-corrected chi connectivity index (χ2v) is 7.39. The molecule has 0 bridgehead atoms. The summed E-state index contributed by atoms with van der Waals surface area (Å²) in [6, 6.07) is 8.63. The molecule has 5 heteroatoms. The summed E-state index contributed by atoms with van der Waals surface area (Å²) >= 11 is 0. The van der Waals surface area contributed by atoms with Gasteiger partial charge in [-0.2, -0.15) is 0 Å². The number of fused-ring (bicyclic) bond motifs is 2. The van der Waals surface area contributed by atoms with Gasteiger partial charge < -0.3 is 10.2 Å². The normalized spacial score (nSPS) is 22.2. The summed E-state index contributed by atoms with van der Waals surface area (Å²) in [7, 11) is 3.61. The lowest BCUT2D eigenvalue weighted by atomic mass is 9.73. The van der Waals surface area contributed by atoms with Gasteiger partial charge in [0.15, 0.2) is 0 Å². The maximum absolute atomic E-state index is 11.9. The Bertz CT molecular complexity index is 639. The first-order chi connectivity index (χ1) is 11.4. The lowest BCUT2D eigenvalue weighted by Crippen LogP contribution is -2.45. The molecule has 0 unspecified atom stereocenters. The first kappa shape index (κ1) is 17.0. The predicted molar refractivity (Wildman–Crippen MR) is 95.8 cm³/mol. The molecule has 2 amide bonds. The molecule has 5 nitrogen and oxygen atoms in total. The smallest absolute Gasteiger partial charge is 0.236 e. The number of benzene rings is 1. The SMILES string of the molecule is CC(=O)N[C@H]1CC2(CCN(CC(=O)N(C)C)CC2)c2ccccc21.[HH]. The maximum atomic E-state index is 11.9. The van der Waals surface area contributed by atoms with Gasteiger partial charge in [-0.1, -0.05) is 24.3 Å². The number of likely N-dealkylation sites (N-methyl/N-ethyl adjacent to an activating group) is 1. The van der Waals surface area contributed by atoms with Crippen LogP contribution < -0.4 is 5.32 Å². The molecule has 1 heterocycles. The molecule has 1 saturated heterocycles. The van der Waals surface area contributed by atoms with E-state index in [9.17, 15) is 9.59 Å². The van der Waals surface area contributed by atoms with E-state index in [4.69, 9.17) is 0 Å². The van der Waals surface area contributed by atoms with Crippen LogP contribution >= 0.6 is 0 Å². The minimum atomic E-state index is 0. The third kappa shape index (κ3) is 3.18. The second kappa shape index (κ2) is 6.55. The highest BCUT2D eigenvalue weighted by molar-refractivity contribution is 5.77. The summed E-state index contributed by atoms with van der Waals surface area (Å²) in [6.07, 6.45) is 3.06. The number of carbonyl (C=O) groups excluding carboxylic acids is 2. The molecular formula is C19H29N3O2. The highest BCUT2D eigenvalue weighted by Crippen LogP contribution is 2.50. The topological polar surface area (TPSA) is 52.7 Å². The Hall–Kier alpha value is -1.88. The van der Waals surface area contributed by atoms with Crippen LogP contribution in [0.15, 0.2) is 24.3 Å². The molecule has 1 N–H and O–H groups in total. The van der Waals surface area contributed by atoms with Gasteiger partial charge in [-0.25, -0.2) is 0 Å². The Morgan fingerprint density at radius 3 is 2.58 bits per heavy atom. The molecule has 1 aromatic carbocycles. The average Bonchev–Trinajstić information content (AvgIpc) is 2.83. The fourth-order valence-electron chi connectivity index (χ4n) is 4.21. The molecule has 0 radical (unpaired) electrons. The van der Waals surface area contributed by atoms with Crippen molar-refractivity contribution in [2.75, 3.05) is 33.7 Å². The third-order valence-corrected chi connectivity index (χ3v) is 5.55. The molecule has 1 aliphatic heterocycles.